The molecule has 0 radical (unpaired) electrons. The average molecular weight is 437 g/mol. The molecule has 2 aromatic heterocycles. The second-order valence-corrected chi connectivity index (χ2v) is 8.19. The fraction of sp³-hybridized carbons (Fsp3) is 0.261. The maximum Gasteiger partial charge on any atom is 0.412 e. The lowest BCUT2D eigenvalue weighted by atomic mass is 10.1. The van der Waals surface area contributed by atoms with E-state index < -0.39 is 6.09 Å². The Bertz CT molecular complexity index is 1250. The Morgan fingerprint density at radius 1 is 1.19 bits per heavy atom. The van der Waals surface area contributed by atoms with Gasteiger partial charge in [0.25, 0.3) is 0 Å². The number of rotatable bonds is 6. The van der Waals surface area contributed by atoms with E-state index in [1.54, 1.807) is 7.11 Å². The van der Waals surface area contributed by atoms with Gasteiger partial charge in [0, 0.05) is 11.9 Å². The molecule has 7 nitrogen and oxygen atoms in total. The van der Waals surface area contributed by atoms with Crippen molar-refractivity contribution in [3.63, 3.8) is 0 Å². The van der Waals surface area contributed by atoms with Crippen LogP contribution in [0, 0.1) is 13.8 Å². The summed E-state index contributed by atoms with van der Waals surface area (Å²) in [6.45, 7) is 6.91. The fourth-order valence-electron chi connectivity index (χ4n) is 3.36. The van der Waals surface area contributed by atoms with Crippen molar-refractivity contribution in [3.05, 3.63) is 59.4 Å². The second-order valence-electron chi connectivity index (χ2n) is 7.19. The van der Waals surface area contributed by atoms with Crippen molar-refractivity contribution >= 4 is 33.3 Å². The van der Waals surface area contributed by atoms with Gasteiger partial charge in [-0.25, -0.2) is 9.78 Å². The lowest BCUT2D eigenvalue weighted by Crippen LogP contribution is -2.13. The Balaban J connectivity index is 1.43. The number of aryl methyl sites for hydroxylation is 3. The molecular weight excluding hydrogens is 412 g/mol. The lowest BCUT2D eigenvalue weighted by molar-refractivity contribution is 0.155. The first kappa shape index (κ1) is 20.9. The first-order valence-electron chi connectivity index (χ1n) is 9.99. The molecule has 0 fully saturated rings. The van der Waals surface area contributed by atoms with Crippen molar-refractivity contribution in [1.82, 2.24) is 14.8 Å². The Labute approximate surface area is 184 Å². The van der Waals surface area contributed by atoms with E-state index in [0.717, 1.165) is 50.6 Å². The van der Waals surface area contributed by atoms with Crippen LogP contribution < -0.4 is 10.1 Å². The van der Waals surface area contributed by atoms with Crippen molar-refractivity contribution in [3.8, 4) is 16.3 Å². The number of ether oxygens (including phenoxy) is 2. The molecule has 1 N–H and O–H groups in total. The normalized spacial score (nSPS) is 11.0. The molecule has 0 aliphatic rings. The number of thiazole rings is 1. The smallest absolute Gasteiger partial charge is 0.412 e. The van der Waals surface area contributed by atoms with E-state index in [1.165, 1.54) is 11.3 Å². The van der Waals surface area contributed by atoms with Crippen molar-refractivity contribution in [2.75, 3.05) is 12.4 Å². The summed E-state index contributed by atoms with van der Waals surface area (Å²) < 4.78 is 12.8. The third-order valence-electron chi connectivity index (χ3n) is 4.98. The molecule has 0 unspecified atom stereocenters. The minimum Gasteiger partial charge on any atom is -0.496 e. The fourth-order valence-corrected chi connectivity index (χ4v) is 4.34. The predicted octanol–water partition coefficient (Wildman–Crippen LogP) is 5.55. The number of fused-ring (bicyclic) bond motifs is 1. The maximum absolute atomic E-state index is 12.4. The van der Waals surface area contributed by atoms with Crippen LogP contribution in [0.4, 0.5) is 9.80 Å². The summed E-state index contributed by atoms with van der Waals surface area (Å²) in [6, 6.07) is 11.9. The molecule has 0 aliphatic heterocycles. The Hall–Kier alpha value is -3.39. The van der Waals surface area contributed by atoms with Crippen LogP contribution in [0.5, 0.6) is 5.75 Å². The molecule has 4 aromatic rings. The molecule has 0 aliphatic carbocycles. The van der Waals surface area contributed by atoms with Gasteiger partial charge in [0.2, 0.25) is 0 Å². The third kappa shape index (κ3) is 4.39. The van der Waals surface area contributed by atoms with Crippen LogP contribution in [-0.2, 0) is 17.9 Å². The van der Waals surface area contributed by atoms with E-state index in [-0.39, 0.29) is 6.61 Å². The number of nitrogens with one attached hydrogen (secondary N) is 1. The van der Waals surface area contributed by atoms with Crippen LogP contribution in [0.3, 0.4) is 0 Å². The first-order valence-corrected chi connectivity index (χ1v) is 10.8. The van der Waals surface area contributed by atoms with Crippen molar-refractivity contribution in [2.24, 2.45) is 0 Å². The second kappa shape index (κ2) is 8.77. The molecule has 0 saturated heterocycles. The van der Waals surface area contributed by atoms with Gasteiger partial charge in [-0.2, -0.15) is 5.10 Å². The summed E-state index contributed by atoms with van der Waals surface area (Å²) in [7, 11) is 1.64. The molecule has 0 spiro atoms. The van der Waals surface area contributed by atoms with E-state index in [0.29, 0.717) is 5.00 Å². The molecule has 0 saturated carbocycles. The molecule has 8 heteroatoms. The number of hydrogen-bond acceptors (Lipinski definition) is 6. The summed E-state index contributed by atoms with van der Waals surface area (Å²) in [5, 5.41) is 9.61. The Kier molecular flexibility index (Phi) is 5.90. The molecule has 4 rings (SSSR count). The van der Waals surface area contributed by atoms with Crippen molar-refractivity contribution < 1.29 is 14.3 Å². The van der Waals surface area contributed by atoms with Gasteiger partial charge in [0.05, 0.1) is 30.1 Å². The van der Waals surface area contributed by atoms with E-state index >= 15 is 0 Å². The van der Waals surface area contributed by atoms with Crippen molar-refractivity contribution in [1.29, 1.82) is 0 Å². The van der Waals surface area contributed by atoms with E-state index in [1.807, 2.05) is 61.1 Å². The molecule has 2 heterocycles. The van der Waals surface area contributed by atoms with Gasteiger partial charge in [-0.05, 0) is 56.2 Å². The van der Waals surface area contributed by atoms with Crippen molar-refractivity contribution in [2.45, 2.75) is 33.9 Å². The van der Waals surface area contributed by atoms with E-state index in [9.17, 15) is 4.79 Å². The molecule has 0 bridgehead atoms. The van der Waals surface area contributed by atoms with Gasteiger partial charge in [-0.15, -0.1) is 0 Å². The summed E-state index contributed by atoms with van der Waals surface area (Å²) in [5.41, 5.74) is 4.70. The highest BCUT2D eigenvalue weighted by Crippen LogP contribution is 2.37. The maximum atomic E-state index is 12.4. The van der Waals surface area contributed by atoms with Crippen LogP contribution in [-0.4, -0.2) is 28.0 Å². The van der Waals surface area contributed by atoms with Gasteiger partial charge in [-0.3, -0.25) is 10.00 Å². The molecular formula is C23H24N4O3S. The van der Waals surface area contributed by atoms with Crippen LogP contribution >= 0.6 is 11.3 Å². The molecule has 0 atom stereocenters. The topological polar surface area (TPSA) is 78.3 Å². The average Bonchev–Trinajstić information content (AvgIpc) is 3.34. The number of carbonyl (C=O) groups excluding carboxylic acids is 1. The van der Waals surface area contributed by atoms with Crippen LogP contribution in [0.25, 0.3) is 21.5 Å². The summed E-state index contributed by atoms with van der Waals surface area (Å²) in [6.07, 6.45) is 1.31. The highest BCUT2D eigenvalue weighted by molar-refractivity contribution is 7.19. The number of benzene rings is 2. The summed E-state index contributed by atoms with van der Waals surface area (Å²) in [5.74, 6) is 0.754. The van der Waals surface area contributed by atoms with Crippen LogP contribution in [0.15, 0.2) is 42.6 Å². The quantitative estimate of drug-likeness (QED) is 0.428. The molecule has 160 valence electrons. The summed E-state index contributed by atoms with van der Waals surface area (Å²) >= 11 is 1.39. The zero-order chi connectivity index (χ0) is 22.0. The number of hydrogen-bond donors (Lipinski definition) is 1. The molecule has 2 aromatic carbocycles. The third-order valence-corrected chi connectivity index (χ3v) is 6.08. The number of aromatic nitrogens is 3. The van der Waals surface area contributed by atoms with Gasteiger partial charge >= 0.3 is 6.09 Å². The number of carbonyl (C=O) groups is 1. The molecule has 1 amide bonds. The molecule has 31 heavy (non-hydrogen) atoms. The highest BCUT2D eigenvalue weighted by atomic mass is 32.1. The van der Waals surface area contributed by atoms with Gasteiger partial charge in [0.1, 0.15) is 22.4 Å². The van der Waals surface area contributed by atoms with Gasteiger partial charge in [-0.1, -0.05) is 23.5 Å². The minimum atomic E-state index is -0.515. The largest absolute Gasteiger partial charge is 0.496 e. The SMILES string of the molecule is CCn1ncc2cc(COC(=O)Nc3sc(-c4ccc(C)cc4OC)nc3C)ccc21. The highest BCUT2D eigenvalue weighted by Gasteiger charge is 2.16. The number of anilines is 1. The number of methoxy groups -OCH3 is 1. The minimum absolute atomic E-state index is 0.176. The first-order chi connectivity index (χ1) is 15.0. The number of amides is 1. The lowest BCUT2D eigenvalue weighted by Gasteiger charge is -2.07. The van der Waals surface area contributed by atoms with Gasteiger partial charge < -0.3 is 9.47 Å². The van der Waals surface area contributed by atoms with Crippen LogP contribution in [0.1, 0.15) is 23.7 Å². The predicted molar refractivity (Wildman–Crippen MR) is 123 cm³/mol. The zero-order valence-electron chi connectivity index (χ0n) is 17.9. The monoisotopic (exact) mass is 436 g/mol. The van der Waals surface area contributed by atoms with E-state index in [4.69, 9.17) is 9.47 Å². The Morgan fingerprint density at radius 3 is 2.81 bits per heavy atom. The number of nitrogens with zero attached hydrogens (tertiary/aromatic N) is 3. The summed E-state index contributed by atoms with van der Waals surface area (Å²) in [4.78, 5) is 17.0. The Morgan fingerprint density at radius 2 is 2.03 bits per heavy atom. The van der Waals surface area contributed by atoms with Gasteiger partial charge in [0.15, 0.2) is 0 Å². The standard InChI is InChI=1S/C23H24N4O3S/c1-5-27-19-9-7-16(11-17(19)12-24-27)13-30-23(28)26-21-15(3)25-22(31-21)18-8-6-14(2)10-20(18)29-4/h6-12H,5,13H2,1-4H3,(H,26,28). The van der Waals surface area contributed by atoms with E-state index in [2.05, 4.69) is 22.3 Å². The zero-order valence-corrected chi connectivity index (χ0v) is 18.7. The van der Waals surface area contributed by atoms with Crippen LogP contribution in [0.2, 0.25) is 0 Å².